The van der Waals surface area contributed by atoms with Crippen LogP contribution in [0.4, 0.5) is 0 Å². The maximum Gasteiger partial charge on any atom is 0.192 e. The van der Waals surface area contributed by atoms with Crippen molar-refractivity contribution in [1.29, 1.82) is 0 Å². The highest BCUT2D eigenvalue weighted by atomic mass is 28.4. The molecule has 0 bridgehead atoms. The van der Waals surface area contributed by atoms with E-state index in [2.05, 4.69) is 60.7 Å². The average molecular weight is 787 g/mol. The van der Waals surface area contributed by atoms with Crippen molar-refractivity contribution in [3.05, 3.63) is 11.6 Å². The first kappa shape index (κ1) is 46.2. The van der Waals surface area contributed by atoms with Gasteiger partial charge in [-0.1, -0.05) is 61.0 Å². The molecule has 4 fully saturated rings. The number of methoxy groups -OCH3 is 2. The molecule has 2 N–H and O–H groups in total. The highest BCUT2D eigenvalue weighted by molar-refractivity contribution is 6.74. The number of hydrogen-bond acceptors (Lipinski definition) is 11. The number of aliphatic hydroxyl groups is 2. The van der Waals surface area contributed by atoms with Crippen LogP contribution in [0.2, 0.25) is 18.1 Å². The second kappa shape index (κ2) is 19.5. The van der Waals surface area contributed by atoms with Gasteiger partial charge in [0.1, 0.15) is 6.10 Å². The summed E-state index contributed by atoms with van der Waals surface area (Å²) in [5, 5.41) is 21.3. The summed E-state index contributed by atoms with van der Waals surface area (Å²) >= 11 is 0. The molecule has 16 atom stereocenters. The van der Waals surface area contributed by atoms with Crippen molar-refractivity contribution in [1.82, 2.24) is 0 Å². The normalized spacial score (nSPS) is 40.4. The quantitative estimate of drug-likeness (QED) is 0.127. The molecule has 12 heteroatoms. The van der Waals surface area contributed by atoms with Gasteiger partial charge in [-0.25, -0.2) is 0 Å². The molecular formula is C42H78O11Si. The summed E-state index contributed by atoms with van der Waals surface area (Å²) in [5.41, 5.74) is 0.984. The molecule has 4 aliphatic heterocycles. The number of hydrogen-bond donors (Lipinski definition) is 2. The summed E-state index contributed by atoms with van der Waals surface area (Å²) in [6.07, 6.45) is 4.00. The lowest BCUT2D eigenvalue weighted by atomic mass is 9.81. The molecule has 316 valence electrons. The van der Waals surface area contributed by atoms with Crippen LogP contribution in [0.15, 0.2) is 11.6 Å². The van der Waals surface area contributed by atoms with Gasteiger partial charge in [0.15, 0.2) is 26.7 Å². The molecule has 11 nitrogen and oxygen atoms in total. The zero-order valence-corrected chi connectivity index (χ0v) is 37.2. The van der Waals surface area contributed by atoms with Crippen LogP contribution >= 0.6 is 0 Å². The zero-order valence-electron chi connectivity index (χ0n) is 36.2. The van der Waals surface area contributed by atoms with Gasteiger partial charge in [-0.2, -0.15) is 0 Å². The van der Waals surface area contributed by atoms with Crippen LogP contribution in [0.5, 0.6) is 0 Å². The minimum Gasteiger partial charge on any atom is -0.409 e. The van der Waals surface area contributed by atoms with Crippen molar-refractivity contribution >= 4 is 8.32 Å². The van der Waals surface area contributed by atoms with E-state index in [9.17, 15) is 10.2 Å². The molecule has 0 radical (unpaired) electrons. The van der Waals surface area contributed by atoms with E-state index in [4.69, 9.17) is 42.3 Å². The summed E-state index contributed by atoms with van der Waals surface area (Å²) in [5.74, 6) is -0.0355. The fourth-order valence-corrected chi connectivity index (χ4v) is 9.93. The third-order valence-electron chi connectivity index (χ3n) is 13.2. The van der Waals surface area contributed by atoms with E-state index in [0.717, 1.165) is 24.8 Å². The molecule has 54 heavy (non-hydrogen) atoms. The molecule has 4 aliphatic rings. The molecule has 1 spiro atoms. The van der Waals surface area contributed by atoms with Crippen molar-refractivity contribution in [2.24, 2.45) is 17.8 Å². The first-order valence-electron chi connectivity index (χ1n) is 20.9. The Kier molecular flexibility index (Phi) is 16.7. The monoisotopic (exact) mass is 787 g/mol. The predicted molar refractivity (Wildman–Crippen MR) is 212 cm³/mol. The van der Waals surface area contributed by atoms with Crippen molar-refractivity contribution in [2.75, 3.05) is 20.8 Å². The molecule has 0 amide bonds. The highest BCUT2D eigenvalue weighted by Gasteiger charge is 2.50. The molecule has 0 aromatic heterocycles. The minimum absolute atomic E-state index is 0.0413. The largest absolute Gasteiger partial charge is 0.409 e. The van der Waals surface area contributed by atoms with Gasteiger partial charge in [0.2, 0.25) is 0 Å². The van der Waals surface area contributed by atoms with E-state index in [1.165, 1.54) is 0 Å². The first-order valence-corrected chi connectivity index (χ1v) is 23.8. The second-order valence-electron chi connectivity index (χ2n) is 18.6. The fraction of sp³-hybridized carbons (Fsp3) is 0.952. The molecule has 0 aromatic rings. The molecule has 0 unspecified atom stereocenters. The van der Waals surface area contributed by atoms with Crippen LogP contribution in [0.1, 0.15) is 121 Å². The Labute approximate surface area is 328 Å². The Morgan fingerprint density at radius 3 is 2.17 bits per heavy atom. The third kappa shape index (κ3) is 11.4. The van der Waals surface area contributed by atoms with E-state index < -0.39 is 38.9 Å². The van der Waals surface area contributed by atoms with Crippen LogP contribution in [0.3, 0.4) is 0 Å². The van der Waals surface area contributed by atoms with Crippen LogP contribution in [0.25, 0.3) is 0 Å². The Hall–Kier alpha value is -0.483. The summed E-state index contributed by atoms with van der Waals surface area (Å²) < 4.78 is 58.3. The number of rotatable bonds is 15. The Balaban J connectivity index is 1.38. The van der Waals surface area contributed by atoms with E-state index >= 15 is 0 Å². The van der Waals surface area contributed by atoms with Gasteiger partial charge in [-0.3, -0.25) is 0 Å². The van der Waals surface area contributed by atoms with Gasteiger partial charge >= 0.3 is 0 Å². The van der Waals surface area contributed by atoms with Gasteiger partial charge in [0.25, 0.3) is 0 Å². The number of aliphatic hydroxyl groups excluding tert-OH is 2. The van der Waals surface area contributed by atoms with Crippen LogP contribution in [-0.2, 0) is 42.3 Å². The van der Waals surface area contributed by atoms with E-state index in [0.29, 0.717) is 43.9 Å². The van der Waals surface area contributed by atoms with Gasteiger partial charge in [0, 0.05) is 58.8 Å². The maximum absolute atomic E-state index is 11.0. The third-order valence-corrected chi connectivity index (χ3v) is 17.7. The van der Waals surface area contributed by atoms with Gasteiger partial charge in [0.05, 0.1) is 54.9 Å². The molecule has 4 rings (SSSR count). The summed E-state index contributed by atoms with van der Waals surface area (Å²) in [6.45, 7) is 25.9. The summed E-state index contributed by atoms with van der Waals surface area (Å²) in [7, 11) is 1.36. The van der Waals surface area contributed by atoms with Gasteiger partial charge < -0.3 is 52.5 Å². The van der Waals surface area contributed by atoms with Gasteiger partial charge in [-0.15, -0.1) is 0 Å². The minimum atomic E-state index is -2.06. The van der Waals surface area contributed by atoms with Crippen LogP contribution in [-0.4, -0.2) is 119 Å². The smallest absolute Gasteiger partial charge is 0.192 e. The molecule has 4 saturated heterocycles. The zero-order chi connectivity index (χ0) is 40.2. The Morgan fingerprint density at radius 2 is 1.56 bits per heavy atom. The van der Waals surface area contributed by atoms with Crippen molar-refractivity contribution < 1.29 is 52.5 Å². The van der Waals surface area contributed by atoms with Crippen LogP contribution < -0.4 is 0 Å². The highest BCUT2D eigenvalue weighted by Crippen LogP contribution is 2.44. The van der Waals surface area contributed by atoms with E-state index in [1.54, 1.807) is 14.2 Å². The Bertz CT molecular complexity index is 1180. The van der Waals surface area contributed by atoms with Gasteiger partial charge in [-0.05, 0) is 69.2 Å². The van der Waals surface area contributed by atoms with Crippen molar-refractivity contribution in [3.63, 3.8) is 0 Å². The Morgan fingerprint density at radius 1 is 0.944 bits per heavy atom. The lowest BCUT2D eigenvalue weighted by molar-refractivity contribution is -0.340. The van der Waals surface area contributed by atoms with Crippen molar-refractivity contribution in [3.8, 4) is 0 Å². The second-order valence-corrected chi connectivity index (χ2v) is 23.4. The summed E-state index contributed by atoms with van der Waals surface area (Å²) in [6, 6.07) is 0. The summed E-state index contributed by atoms with van der Waals surface area (Å²) in [4.78, 5) is 0. The standard InChI is InChI=1S/C42H78O11Si/c1-15-25(2)38-27(4)18-19-42(52-38)23-31(44)20-32(51-42)17-16-26(3)37(28(5)24-43)49-35-21-33(45-11)39(29(6)47-35)50-36-22-34(46-12)40(30(7)48-36)53-54(13,14)41(8,9)10/h16,25,27-40,43-44H,15,17-24H2,1-14H3/b26-16+/t25-,27-,28-,29-,30-,31-,32+,33-,34-,35-,36-,37+,38+,39-,40-,42+/m0/s1. The van der Waals surface area contributed by atoms with E-state index in [1.807, 2.05) is 27.7 Å². The fourth-order valence-electron chi connectivity index (χ4n) is 8.55. The maximum atomic E-state index is 11.0. The topological polar surface area (TPSA) is 124 Å². The molecule has 0 saturated carbocycles. The lowest BCUT2D eigenvalue weighted by Crippen LogP contribution is -2.58. The SMILES string of the molecule is CC[C@H](C)[C@H]1O[C@]2(CC[C@@H]1C)C[C@@H](O)C[C@@H](C/C=C(\C)[C@@H](O[C@H]1C[C@H](OC)[C@@H](O[C@H]3C[C@H](OC)[C@@H](O[Si](C)(C)C(C)(C)C)[C@H](C)O3)[C@H](C)O1)[C@@H](C)CO)O2. The molecule has 4 heterocycles. The molecular weight excluding hydrogens is 709 g/mol. The van der Waals surface area contributed by atoms with Crippen molar-refractivity contribution in [2.45, 2.75) is 218 Å². The first-order chi connectivity index (χ1) is 25.3. The molecule has 0 aromatic carbocycles. The predicted octanol–water partition coefficient (Wildman–Crippen LogP) is 7.51. The lowest BCUT2D eigenvalue weighted by Gasteiger charge is -2.50. The molecule has 0 aliphatic carbocycles. The number of ether oxygens (including phenoxy) is 8. The van der Waals surface area contributed by atoms with E-state index in [-0.39, 0.29) is 66.4 Å². The average Bonchev–Trinajstić information content (AvgIpc) is 3.11. The van der Waals surface area contributed by atoms with Crippen LogP contribution in [0, 0.1) is 17.8 Å².